The van der Waals surface area contributed by atoms with E-state index in [0.717, 1.165) is 25.3 Å². The standard InChI is InChI=1S/C12H21N3O2/c1-11(2,13)10-6-14-9-15(10)7-12(16-3)4-5-17-8-12/h6,9H,4-5,7-8,13H2,1-3H3. The van der Waals surface area contributed by atoms with Gasteiger partial charge < -0.3 is 19.8 Å². The molecule has 0 amide bonds. The molecule has 0 aromatic carbocycles. The van der Waals surface area contributed by atoms with E-state index >= 15 is 0 Å². The molecule has 1 unspecified atom stereocenters. The molecular formula is C12H21N3O2. The second kappa shape index (κ2) is 4.40. The van der Waals surface area contributed by atoms with Crippen molar-refractivity contribution >= 4 is 0 Å². The Labute approximate surface area is 102 Å². The minimum absolute atomic E-state index is 0.235. The van der Waals surface area contributed by atoms with Crippen LogP contribution in [0.15, 0.2) is 12.5 Å². The minimum atomic E-state index is -0.398. The zero-order valence-corrected chi connectivity index (χ0v) is 10.8. The lowest BCUT2D eigenvalue weighted by Crippen LogP contribution is -2.40. The number of ether oxygens (including phenoxy) is 2. The second-order valence-electron chi connectivity index (χ2n) is 5.32. The number of nitrogens with zero attached hydrogens (tertiary/aromatic N) is 2. The van der Waals surface area contributed by atoms with Crippen LogP contribution in [0.3, 0.4) is 0 Å². The number of methoxy groups -OCH3 is 1. The van der Waals surface area contributed by atoms with Crippen molar-refractivity contribution in [3.05, 3.63) is 18.2 Å². The first-order valence-electron chi connectivity index (χ1n) is 5.89. The molecule has 0 bridgehead atoms. The van der Waals surface area contributed by atoms with E-state index in [9.17, 15) is 0 Å². The fourth-order valence-electron chi connectivity index (χ4n) is 2.23. The molecule has 0 saturated carbocycles. The van der Waals surface area contributed by atoms with E-state index < -0.39 is 5.54 Å². The van der Waals surface area contributed by atoms with Crippen molar-refractivity contribution in [2.75, 3.05) is 20.3 Å². The van der Waals surface area contributed by atoms with Gasteiger partial charge in [-0.25, -0.2) is 4.98 Å². The maximum Gasteiger partial charge on any atom is 0.111 e. The summed E-state index contributed by atoms with van der Waals surface area (Å²) in [5.41, 5.74) is 6.51. The molecule has 1 aliphatic rings. The van der Waals surface area contributed by atoms with Gasteiger partial charge in [-0.3, -0.25) is 0 Å². The summed E-state index contributed by atoms with van der Waals surface area (Å²) in [6.45, 7) is 6.08. The van der Waals surface area contributed by atoms with Crippen LogP contribution in [-0.2, 0) is 21.6 Å². The SMILES string of the molecule is COC1(Cn2cncc2C(C)(C)N)CCOC1. The number of hydrogen-bond donors (Lipinski definition) is 1. The smallest absolute Gasteiger partial charge is 0.111 e. The third-order valence-corrected chi connectivity index (χ3v) is 3.33. The molecule has 1 aliphatic heterocycles. The van der Waals surface area contributed by atoms with Gasteiger partial charge in [-0.1, -0.05) is 0 Å². The molecule has 5 nitrogen and oxygen atoms in total. The highest BCUT2D eigenvalue weighted by Gasteiger charge is 2.36. The molecule has 0 radical (unpaired) electrons. The average molecular weight is 239 g/mol. The molecule has 2 heterocycles. The first kappa shape index (κ1) is 12.5. The number of imidazole rings is 1. The topological polar surface area (TPSA) is 62.3 Å². The summed E-state index contributed by atoms with van der Waals surface area (Å²) in [4.78, 5) is 4.18. The van der Waals surface area contributed by atoms with Gasteiger partial charge in [0, 0.05) is 26.3 Å². The molecule has 1 atom stereocenters. The Morgan fingerprint density at radius 1 is 1.65 bits per heavy atom. The molecule has 2 N–H and O–H groups in total. The second-order valence-corrected chi connectivity index (χ2v) is 5.32. The first-order chi connectivity index (χ1) is 7.97. The third kappa shape index (κ3) is 2.51. The maximum absolute atomic E-state index is 6.13. The van der Waals surface area contributed by atoms with Gasteiger partial charge in [0.05, 0.1) is 30.7 Å². The molecular weight excluding hydrogens is 218 g/mol. The van der Waals surface area contributed by atoms with Gasteiger partial charge >= 0.3 is 0 Å². The number of aromatic nitrogens is 2. The highest BCUT2D eigenvalue weighted by molar-refractivity contribution is 5.10. The van der Waals surface area contributed by atoms with E-state index in [1.54, 1.807) is 7.11 Å². The Morgan fingerprint density at radius 3 is 2.94 bits per heavy atom. The molecule has 1 saturated heterocycles. The lowest BCUT2D eigenvalue weighted by atomic mass is 10.00. The molecule has 0 aliphatic carbocycles. The fourth-order valence-corrected chi connectivity index (χ4v) is 2.23. The predicted octanol–water partition coefficient (Wildman–Crippen LogP) is 0.882. The first-order valence-corrected chi connectivity index (χ1v) is 5.89. The summed E-state index contributed by atoms with van der Waals surface area (Å²) in [5, 5.41) is 0. The minimum Gasteiger partial charge on any atom is -0.378 e. The van der Waals surface area contributed by atoms with E-state index in [2.05, 4.69) is 9.55 Å². The van der Waals surface area contributed by atoms with E-state index in [1.807, 2.05) is 26.4 Å². The Hall–Kier alpha value is -0.910. The normalized spacial score (nSPS) is 25.4. The molecule has 17 heavy (non-hydrogen) atoms. The molecule has 1 aromatic rings. The van der Waals surface area contributed by atoms with Gasteiger partial charge in [-0.15, -0.1) is 0 Å². The van der Waals surface area contributed by atoms with Crippen LogP contribution in [0.25, 0.3) is 0 Å². The highest BCUT2D eigenvalue weighted by atomic mass is 16.5. The van der Waals surface area contributed by atoms with Crippen molar-refractivity contribution in [2.45, 2.75) is 38.0 Å². The van der Waals surface area contributed by atoms with Gasteiger partial charge in [0.2, 0.25) is 0 Å². The van der Waals surface area contributed by atoms with Crippen LogP contribution in [0.2, 0.25) is 0 Å². The van der Waals surface area contributed by atoms with Gasteiger partial charge in [0.25, 0.3) is 0 Å². The van der Waals surface area contributed by atoms with Crippen LogP contribution in [0.4, 0.5) is 0 Å². The predicted molar refractivity (Wildman–Crippen MR) is 64.6 cm³/mol. The largest absolute Gasteiger partial charge is 0.378 e. The molecule has 5 heteroatoms. The Balaban J connectivity index is 2.21. The Morgan fingerprint density at radius 2 is 2.41 bits per heavy atom. The maximum atomic E-state index is 6.13. The Kier molecular flexibility index (Phi) is 3.25. The van der Waals surface area contributed by atoms with E-state index in [1.165, 1.54) is 0 Å². The van der Waals surface area contributed by atoms with Crippen LogP contribution >= 0.6 is 0 Å². The van der Waals surface area contributed by atoms with Gasteiger partial charge in [-0.2, -0.15) is 0 Å². The van der Waals surface area contributed by atoms with Crippen molar-refractivity contribution in [1.82, 2.24) is 9.55 Å². The molecule has 2 rings (SSSR count). The summed E-state index contributed by atoms with van der Waals surface area (Å²) >= 11 is 0. The van der Waals surface area contributed by atoms with E-state index in [-0.39, 0.29) is 5.60 Å². The summed E-state index contributed by atoms with van der Waals surface area (Å²) in [6.07, 6.45) is 4.54. The van der Waals surface area contributed by atoms with Crippen LogP contribution in [0, 0.1) is 0 Å². The molecule has 0 spiro atoms. The van der Waals surface area contributed by atoms with Crippen molar-refractivity contribution in [1.29, 1.82) is 0 Å². The summed E-state index contributed by atoms with van der Waals surface area (Å²) in [6, 6.07) is 0. The third-order valence-electron chi connectivity index (χ3n) is 3.33. The monoisotopic (exact) mass is 239 g/mol. The summed E-state index contributed by atoms with van der Waals surface area (Å²) < 4.78 is 13.1. The Bertz CT molecular complexity index is 375. The fraction of sp³-hybridized carbons (Fsp3) is 0.750. The van der Waals surface area contributed by atoms with Crippen LogP contribution in [0.5, 0.6) is 0 Å². The van der Waals surface area contributed by atoms with Crippen molar-refractivity contribution < 1.29 is 9.47 Å². The van der Waals surface area contributed by atoms with E-state index in [4.69, 9.17) is 15.2 Å². The van der Waals surface area contributed by atoms with Gasteiger partial charge in [0.15, 0.2) is 0 Å². The van der Waals surface area contributed by atoms with Crippen LogP contribution in [-0.4, -0.2) is 35.5 Å². The van der Waals surface area contributed by atoms with Crippen molar-refractivity contribution in [3.63, 3.8) is 0 Å². The summed E-state index contributed by atoms with van der Waals surface area (Å²) in [7, 11) is 1.73. The van der Waals surface area contributed by atoms with Crippen LogP contribution < -0.4 is 5.73 Å². The number of rotatable bonds is 4. The zero-order valence-electron chi connectivity index (χ0n) is 10.8. The average Bonchev–Trinajstić information content (AvgIpc) is 2.87. The summed E-state index contributed by atoms with van der Waals surface area (Å²) in [5.74, 6) is 0. The molecule has 96 valence electrons. The quantitative estimate of drug-likeness (QED) is 0.847. The lowest BCUT2D eigenvalue weighted by molar-refractivity contribution is -0.0303. The highest BCUT2D eigenvalue weighted by Crippen LogP contribution is 2.26. The number of nitrogens with two attached hydrogens (primary N) is 1. The number of hydrogen-bond acceptors (Lipinski definition) is 4. The molecule has 1 aromatic heterocycles. The van der Waals surface area contributed by atoms with Crippen molar-refractivity contribution in [3.8, 4) is 0 Å². The van der Waals surface area contributed by atoms with E-state index in [0.29, 0.717) is 6.61 Å². The zero-order chi connectivity index (χ0) is 12.5. The van der Waals surface area contributed by atoms with Gasteiger partial charge in [-0.05, 0) is 13.8 Å². The lowest BCUT2D eigenvalue weighted by Gasteiger charge is -2.29. The van der Waals surface area contributed by atoms with Crippen LogP contribution in [0.1, 0.15) is 26.0 Å². The van der Waals surface area contributed by atoms with Crippen molar-refractivity contribution in [2.24, 2.45) is 5.73 Å². The van der Waals surface area contributed by atoms with Gasteiger partial charge in [0.1, 0.15) is 5.60 Å². The molecule has 1 fully saturated rings.